The molecule has 0 radical (unpaired) electrons. The van der Waals surface area contributed by atoms with E-state index in [2.05, 4.69) is 30.3 Å². The lowest BCUT2D eigenvalue weighted by Crippen LogP contribution is -2.53. The van der Waals surface area contributed by atoms with Crippen LogP contribution in [0.5, 0.6) is 0 Å². The molecule has 0 aromatic heterocycles. The maximum Gasteiger partial charge on any atom is 0.0252 e. The fourth-order valence-corrected chi connectivity index (χ4v) is 4.34. The van der Waals surface area contributed by atoms with Gasteiger partial charge >= 0.3 is 0 Å². The van der Waals surface area contributed by atoms with E-state index in [4.69, 9.17) is 5.73 Å². The highest BCUT2D eigenvalue weighted by Crippen LogP contribution is 2.48. The van der Waals surface area contributed by atoms with Gasteiger partial charge in [0.1, 0.15) is 0 Å². The minimum Gasteiger partial charge on any atom is -0.324 e. The Bertz CT molecular complexity index is 380. The molecule has 18 heavy (non-hydrogen) atoms. The van der Waals surface area contributed by atoms with Crippen molar-refractivity contribution in [3.63, 3.8) is 0 Å². The highest BCUT2D eigenvalue weighted by molar-refractivity contribution is 5.25. The van der Waals surface area contributed by atoms with Gasteiger partial charge in [-0.15, -0.1) is 0 Å². The molecule has 0 aliphatic heterocycles. The molecule has 0 spiro atoms. The number of rotatable bonds is 2. The van der Waals surface area contributed by atoms with Gasteiger partial charge in [-0.25, -0.2) is 0 Å². The molecule has 1 aromatic carbocycles. The van der Waals surface area contributed by atoms with Crippen LogP contribution in [0.15, 0.2) is 30.3 Å². The van der Waals surface area contributed by atoms with E-state index in [0.717, 1.165) is 5.92 Å². The van der Waals surface area contributed by atoms with E-state index in [-0.39, 0.29) is 5.54 Å². The Kier molecular flexibility index (Phi) is 3.43. The minimum atomic E-state index is 0.0795. The third kappa shape index (κ3) is 2.09. The highest BCUT2D eigenvalue weighted by Gasteiger charge is 2.44. The summed E-state index contributed by atoms with van der Waals surface area (Å²) in [6.07, 6.45) is 10.7. The zero-order valence-electron chi connectivity index (χ0n) is 11.3. The SMILES string of the molecule is NC1(C2CCCC2)CCCCC1c1ccccc1. The molecule has 2 aliphatic carbocycles. The molecule has 0 bridgehead atoms. The van der Waals surface area contributed by atoms with Gasteiger partial charge in [0.25, 0.3) is 0 Å². The van der Waals surface area contributed by atoms with Gasteiger partial charge in [-0.1, -0.05) is 56.0 Å². The summed E-state index contributed by atoms with van der Waals surface area (Å²) in [7, 11) is 0. The van der Waals surface area contributed by atoms with Crippen molar-refractivity contribution in [2.24, 2.45) is 11.7 Å². The quantitative estimate of drug-likeness (QED) is 0.826. The average Bonchev–Trinajstić information content (AvgIpc) is 2.95. The Balaban J connectivity index is 1.89. The normalized spacial score (nSPS) is 33.7. The first-order chi connectivity index (χ1) is 8.81. The molecular formula is C17H25N. The third-order valence-corrected chi connectivity index (χ3v) is 5.32. The second-order valence-electron chi connectivity index (χ2n) is 6.30. The van der Waals surface area contributed by atoms with E-state index in [0.29, 0.717) is 5.92 Å². The predicted molar refractivity (Wildman–Crippen MR) is 76.5 cm³/mol. The van der Waals surface area contributed by atoms with Crippen LogP contribution in [-0.4, -0.2) is 5.54 Å². The fraction of sp³-hybridized carbons (Fsp3) is 0.647. The van der Waals surface area contributed by atoms with Crippen molar-refractivity contribution >= 4 is 0 Å². The predicted octanol–water partition coefficient (Wildman–Crippen LogP) is 4.23. The summed E-state index contributed by atoms with van der Waals surface area (Å²) in [5.74, 6) is 1.36. The summed E-state index contributed by atoms with van der Waals surface area (Å²) < 4.78 is 0. The van der Waals surface area contributed by atoms with Gasteiger partial charge in [0.15, 0.2) is 0 Å². The molecule has 2 fully saturated rings. The van der Waals surface area contributed by atoms with Crippen LogP contribution in [0.4, 0.5) is 0 Å². The Labute approximate surface area is 111 Å². The molecule has 0 heterocycles. The van der Waals surface area contributed by atoms with Crippen LogP contribution < -0.4 is 5.73 Å². The van der Waals surface area contributed by atoms with Crippen LogP contribution >= 0.6 is 0 Å². The molecule has 0 amide bonds. The van der Waals surface area contributed by atoms with Gasteiger partial charge in [0.05, 0.1) is 0 Å². The molecule has 98 valence electrons. The molecule has 1 nitrogen and oxygen atoms in total. The van der Waals surface area contributed by atoms with Crippen LogP contribution in [0.1, 0.15) is 62.8 Å². The Hall–Kier alpha value is -0.820. The Morgan fingerprint density at radius 1 is 0.889 bits per heavy atom. The van der Waals surface area contributed by atoms with Gasteiger partial charge in [-0.2, -0.15) is 0 Å². The fourth-order valence-electron chi connectivity index (χ4n) is 4.34. The monoisotopic (exact) mass is 243 g/mol. The Morgan fingerprint density at radius 2 is 1.56 bits per heavy atom. The summed E-state index contributed by atoms with van der Waals surface area (Å²) in [5, 5.41) is 0. The smallest absolute Gasteiger partial charge is 0.0252 e. The van der Waals surface area contributed by atoms with Crippen LogP contribution in [-0.2, 0) is 0 Å². The molecule has 2 saturated carbocycles. The van der Waals surface area contributed by atoms with E-state index < -0.39 is 0 Å². The first-order valence-corrected chi connectivity index (χ1v) is 7.64. The lowest BCUT2D eigenvalue weighted by atomic mass is 9.63. The molecule has 0 saturated heterocycles. The van der Waals surface area contributed by atoms with Crippen molar-refractivity contribution < 1.29 is 0 Å². The number of hydrogen-bond acceptors (Lipinski definition) is 1. The van der Waals surface area contributed by atoms with Crippen molar-refractivity contribution in [2.75, 3.05) is 0 Å². The van der Waals surface area contributed by atoms with E-state index in [9.17, 15) is 0 Å². The molecule has 2 N–H and O–H groups in total. The summed E-state index contributed by atoms with van der Waals surface area (Å²) in [4.78, 5) is 0. The maximum atomic E-state index is 6.94. The number of hydrogen-bond donors (Lipinski definition) is 1. The lowest BCUT2D eigenvalue weighted by Gasteiger charge is -2.46. The topological polar surface area (TPSA) is 26.0 Å². The highest BCUT2D eigenvalue weighted by atomic mass is 14.8. The molecule has 2 aliphatic rings. The van der Waals surface area contributed by atoms with Crippen LogP contribution in [0.3, 0.4) is 0 Å². The molecule has 1 aromatic rings. The van der Waals surface area contributed by atoms with Gasteiger partial charge in [-0.05, 0) is 37.2 Å². The molecule has 1 heteroatoms. The second-order valence-corrected chi connectivity index (χ2v) is 6.30. The van der Waals surface area contributed by atoms with Gasteiger partial charge in [0.2, 0.25) is 0 Å². The first kappa shape index (κ1) is 12.2. The molecule has 3 rings (SSSR count). The lowest BCUT2D eigenvalue weighted by molar-refractivity contribution is 0.165. The van der Waals surface area contributed by atoms with E-state index in [1.807, 2.05) is 0 Å². The maximum absolute atomic E-state index is 6.94. The van der Waals surface area contributed by atoms with E-state index >= 15 is 0 Å². The largest absolute Gasteiger partial charge is 0.324 e. The summed E-state index contributed by atoms with van der Waals surface area (Å²) in [5.41, 5.74) is 8.50. The summed E-state index contributed by atoms with van der Waals surface area (Å²) >= 11 is 0. The van der Waals surface area contributed by atoms with E-state index in [1.165, 1.54) is 56.9 Å². The van der Waals surface area contributed by atoms with Crippen molar-refractivity contribution in [1.29, 1.82) is 0 Å². The molecule has 2 unspecified atom stereocenters. The van der Waals surface area contributed by atoms with Crippen molar-refractivity contribution in [3.05, 3.63) is 35.9 Å². The average molecular weight is 243 g/mol. The van der Waals surface area contributed by atoms with Gasteiger partial charge < -0.3 is 5.73 Å². The van der Waals surface area contributed by atoms with Crippen molar-refractivity contribution in [2.45, 2.75) is 62.8 Å². The van der Waals surface area contributed by atoms with Crippen LogP contribution in [0, 0.1) is 5.92 Å². The third-order valence-electron chi connectivity index (χ3n) is 5.32. The van der Waals surface area contributed by atoms with Gasteiger partial charge in [0, 0.05) is 11.5 Å². The number of nitrogens with two attached hydrogens (primary N) is 1. The zero-order chi connectivity index (χ0) is 12.4. The van der Waals surface area contributed by atoms with Gasteiger partial charge in [-0.3, -0.25) is 0 Å². The summed E-state index contributed by atoms with van der Waals surface area (Å²) in [6.45, 7) is 0. The summed E-state index contributed by atoms with van der Waals surface area (Å²) in [6, 6.07) is 11.0. The second kappa shape index (κ2) is 5.05. The van der Waals surface area contributed by atoms with Crippen LogP contribution in [0.25, 0.3) is 0 Å². The van der Waals surface area contributed by atoms with Crippen molar-refractivity contribution in [3.8, 4) is 0 Å². The Morgan fingerprint density at radius 3 is 2.28 bits per heavy atom. The van der Waals surface area contributed by atoms with E-state index in [1.54, 1.807) is 0 Å². The number of benzene rings is 1. The van der Waals surface area contributed by atoms with Crippen LogP contribution in [0.2, 0.25) is 0 Å². The van der Waals surface area contributed by atoms with Crippen molar-refractivity contribution in [1.82, 2.24) is 0 Å². The minimum absolute atomic E-state index is 0.0795. The molecular weight excluding hydrogens is 218 g/mol. The zero-order valence-corrected chi connectivity index (χ0v) is 11.3. The standard InChI is InChI=1S/C17H25N/c18-17(15-10-4-5-11-15)13-7-6-12-16(17)14-8-2-1-3-9-14/h1-3,8-9,15-16H,4-7,10-13,18H2. The molecule has 2 atom stereocenters. The first-order valence-electron chi connectivity index (χ1n) is 7.64.